The SMILES string of the molecule is C[C@H]1CN(P)CCCN1S(=O)(=O)c1cccc2cncc(F)c12. The van der Waals surface area contributed by atoms with E-state index in [1.165, 1.54) is 16.6 Å². The lowest BCUT2D eigenvalue weighted by Crippen LogP contribution is -2.41. The predicted molar refractivity (Wildman–Crippen MR) is 91.0 cm³/mol. The van der Waals surface area contributed by atoms with Gasteiger partial charge in [-0.25, -0.2) is 12.8 Å². The van der Waals surface area contributed by atoms with Gasteiger partial charge in [0, 0.05) is 42.6 Å². The van der Waals surface area contributed by atoms with Gasteiger partial charge in [-0.3, -0.25) is 9.65 Å². The number of hydrogen-bond donors (Lipinski definition) is 0. The van der Waals surface area contributed by atoms with Crippen LogP contribution in [0.4, 0.5) is 4.39 Å². The summed E-state index contributed by atoms with van der Waals surface area (Å²) in [5.41, 5.74) is 0. The summed E-state index contributed by atoms with van der Waals surface area (Å²) in [6, 6.07) is 4.58. The number of nitrogens with zero attached hydrogens (tertiary/aromatic N) is 3. The molecule has 0 radical (unpaired) electrons. The fraction of sp³-hybridized carbons (Fsp3) is 0.400. The van der Waals surface area contributed by atoms with E-state index >= 15 is 0 Å². The molecule has 23 heavy (non-hydrogen) atoms. The summed E-state index contributed by atoms with van der Waals surface area (Å²) in [5, 5.41) is 0.600. The Morgan fingerprint density at radius 3 is 2.87 bits per heavy atom. The molecule has 1 saturated heterocycles. The number of sulfonamides is 1. The van der Waals surface area contributed by atoms with E-state index in [-0.39, 0.29) is 16.3 Å². The van der Waals surface area contributed by atoms with Gasteiger partial charge < -0.3 is 0 Å². The molecule has 1 aliphatic rings. The number of benzene rings is 1. The zero-order valence-corrected chi connectivity index (χ0v) is 14.8. The standard InChI is InChI=1S/C15H19FN3O2PS/c1-11-10-18(22)6-3-7-19(11)23(20,21)14-5-2-4-12-8-17-9-13(16)15(12)14/h2,4-5,8-9,11H,3,6-7,10,22H2,1H3/t11-/m0/s1. The summed E-state index contributed by atoms with van der Waals surface area (Å²) in [5.74, 6) is -0.614. The molecule has 1 unspecified atom stereocenters. The molecule has 1 aromatic heterocycles. The average molecular weight is 355 g/mol. The molecule has 1 aliphatic heterocycles. The van der Waals surface area contributed by atoms with Crippen molar-refractivity contribution in [1.29, 1.82) is 0 Å². The summed E-state index contributed by atoms with van der Waals surface area (Å²) in [6.45, 7) is 3.74. The van der Waals surface area contributed by atoms with E-state index in [1.807, 2.05) is 11.6 Å². The maximum absolute atomic E-state index is 14.2. The smallest absolute Gasteiger partial charge is 0.244 e. The molecule has 8 heteroatoms. The van der Waals surface area contributed by atoms with Crippen LogP contribution < -0.4 is 0 Å². The number of rotatable bonds is 2. The van der Waals surface area contributed by atoms with E-state index in [0.29, 0.717) is 18.5 Å². The van der Waals surface area contributed by atoms with Gasteiger partial charge in [0.15, 0.2) is 5.82 Å². The second-order valence-electron chi connectivity index (χ2n) is 5.79. The minimum Gasteiger partial charge on any atom is -0.286 e. The van der Waals surface area contributed by atoms with E-state index in [4.69, 9.17) is 0 Å². The molecular formula is C15H19FN3O2PS. The molecule has 0 aliphatic carbocycles. The molecule has 0 N–H and O–H groups in total. The lowest BCUT2D eigenvalue weighted by Gasteiger charge is -2.27. The lowest BCUT2D eigenvalue weighted by atomic mass is 10.2. The average Bonchev–Trinajstić information content (AvgIpc) is 2.67. The third-order valence-corrected chi connectivity index (χ3v) is 6.62. The van der Waals surface area contributed by atoms with Crippen LogP contribution in [0.15, 0.2) is 35.5 Å². The molecule has 0 amide bonds. The Balaban J connectivity index is 2.13. The maximum Gasteiger partial charge on any atom is 0.244 e. The second kappa shape index (κ2) is 6.40. The minimum absolute atomic E-state index is 0.0129. The van der Waals surface area contributed by atoms with E-state index in [2.05, 4.69) is 14.4 Å². The van der Waals surface area contributed by atoms with Gasteiger partial charge in [-0.2, -0.15) is 4.31 Å². The zero-order valence-electron chi connectivity index (χ0n) is 12.8. The summed E-state index contributed by atoms with van der Waals surface area (Å²) in [4.78, 5) is 3.81. The number of halogens is 1. The van der Waals surface area contributed by atoms with E-state index in [0.717, 1.165) is 19.2 Å². The third-order valence-electron chi connectivity index (χ3n) is 4.10. The van der Waals surface area contributed by atoms with Crippen LogP contribution in [0.25, 0.3) is 10.8 Å². The van der Waals surface area contributed by atoms with Crippen LogP contribution in [0, 0.1) is 5.82 Å². The normalized spacial score (nSPS) is 21.4. The van der Waals surface area contributed by atoms with Gasteiger partial charge in [0.2, 0.25) is 10.0 Å². The Bertz CT molecular complexity index is 825. The highest BCUT2D eigenvalue weighted by Gasteiger charge is 2.33. The highest BCUT2D eigenvalue weighted by Crippen LogP contribution is 2.29. The first-order chi connectivity index (χ1) is 10.9. The van der Waals surface area contributed by atoms with Crippen molar-refractivity contribution in [2.75, 3.05) is 19.6 Å². The van der Waals surface area contributed by atoms with Gasteiger partial charge >= 0.3 is 0 Å². The van der Waals surface area contributed by atoms with Crippen LogP contribution >= 0.6 is 9.39 Å². The van der Waals surface area contributed by atoms with Crippen molar-refractivity contribution in [2.24, 2.45) is 0 Å². The predicted octanol–water partition coefficient (Wildman–Crippen LogP) is 2.25. The quantitative estimate of drug-likeness (QED) is 0.776. The van der Waals surface area contributed by atoms with Gasteiger partial charge in [-0.1, -0.05) is 21.5 Å². The minimum atomic E-state index is -3.78. The Morgan fingerprint density at radius 2 is 2.09 bits per heavy atom. The van der Waals surface area contributed by atoms with Crippen molar-refractivity contribution in [1.82, 2.24) is 14.0 Å². The van der Waals surface area contributed by atoms with Crippen LogP contribution in [-0.2, 0) is 10.0 Å². The Kier molecular flexibility index (Phi) is 4.65. The molecule has 1 fully saturated rings. The number of hydrogen-bond acceptors (Lipinski definition) is 4. The summed E-state index contributed by atoms with van der Waals surface area (Å²) in [7, 11) is -1.15. The van der Waals surface area contributed by atoms with Crippen molar-refractivity contribution in [3.8, 4) is 0 Å². The Hall–Kier alpha value is -1.14. The molecule has 2 heterocycles. The molecular weight excluding hydrogens is 336 g/mol. The van der Waals surface area contributed by atoms with Crippen LogP contribution in [0.1, 0.15) is 13.3 Å². The molecule has 5 nitrogen and oxygen atoms in total. The van der Waals surface area contributed by atoms with Crippen molar-refractivity contribution in [3.63, 3.8) is 0 Å². The van der Waals surface area contributed by atoms with E-state index in [9.17, 15) is 12.8 Å². The molecule has 0 spiro atoms. The Morgan fingerprint density at radius 1 is 1.30 bits per heavy atom. The number of fused-ring (bicyclic) bond motifs is 1. The van der Waals surface area contributed by atoms with Crippen LogP contribution in [0.3, 0.4) is 0 Å². The topological polar surface area (TPSA) is 53.5 Å². The van der Waals surface area contributed by atoms with E-state index in [1.54, 1.807) is 12.1 Å². The largest absolute Gasteiger partial charge is 0.286 e. The molecule has 0 bridgehead atoms. The van der Waals surface area contributed by atoms with Crippen molar-refractivity contribution in [2.45, 2.75) is 24.3 Å². The zero-order chi connectivity index (χ0) is 16.6. The van der Waals surface area contributed by atoms with Crippen LogP contribution in [-0.4, -0.2) is 48.1 Å². The first-order valence-electron chi connectivity index (χ1n) is 7.45. The second-order valence-corrected chi connectivity index (χ2v) is 8.38. The van der Waals surface area contributed by atoms with Crippen molar-refractivity contribution >= 4 is 30.2 Å². The first kappa shape index (κ1) is 16.7. The highest BCUT2D eigenvalue weighted by atomic mass is 32.2. The van der Waals surface area contributed by atoms with Gasteiger partial charge in [0.1, 0.15) is 0 Å². The molecule has 0 saturated carbocycles. The molecule has 2 atom stereocenters. The molecule has 1 aromatic carbocycles. The molecule has 3 rings (SSSR count). The fourth-order valence-corrected chi connectivity index (χ4v) is 5.40. The van der Waals surface area contributed by atoms with E-state index < -0.39 is 15.8 Å². The van der Waals surface area contributed by atoms with Crippen LogP contribution in [0.2, 0.25) is 0 Å². The summed E-state index contributed by atoms with van der Waals surface area (Å²) >= 11 is 0. The monoisotopic (exact) mass is 355 g/mol. The van der Waals surface area contributed by atoms with Crippen LogP contribution in [0.5, 0.6) is 0 Å². The molecule has 2 aromatic rings. The number of pyridine rings is 1. The molecule has 124 valence electrons. The highest BCUT2D eigenvalue weighted by molar-refractivity contribution is 7.89. The summed E-state index contributed by atoms with van der Waals surface area (Å²) in [6.07, 6.45) is 3.27. The summed E-state index contributed by atoms with van der Waals surface area (Å²) < 4.78 is 44.0. The maximum atomic E-state index is 14.2. The number of aromatic nitrogens is 1. The third kappa shape index (κ3) is 3.11. The van der Waals surface area contributed by atoms with Gasteiger partial charge in [-0.05, 0) is 19.4 Å². The van der Waals surface area contributed by atoms with Gasteiger partial charge in [0.25, 0.3) is 0 Å². The Labute approximate surface area is 137 Å². The first-order valence-corrected chi connectivity index (χ1v) is 9.40. The van der Waals surface area contributed by atoms with Gasteiger partial charge in [0.05, 0.1) is 11.1 Å². The van der Waals surface area contributed by atoms with Gasteiger partial charge in [-0.15, -0.1) is 0 Å². The van der Waals surface area contributed by atoms with Crippen molar-refractivity contribution in [3.05, 3.63) is 36.4 Å². The van der Waals surface area contributed by atoms with Crippen molar-refractivity contribution < 1.29 is 12.8 Å². The fourth-order valence-electron chi connectivity index (χ4n) is 3.03. The lowest BCUT2D eigenvalue weighted by molar-refractivity contribution is 0.335.